The van der Waals surface area contributed by atoms with Crippen LogP contribution in [0.3, 0.4) is 0 Å². The minimum absolute atomic E-state index is 0.00119. The highest BCUT2D eigenvalue weighted by molar-refractivity contribution is 7.19. The van der Waals surface area contributed by atoms with E-state index in [1.165, 1.54) is 16.9 Å². The molecule has 1 fully saturated rings. The second kappa shape index (κ2) is 7.86. The van der Waals surface area contributed by atoms with Crippen molar-refractivity contribution in [3.05, 3.63) is 56.2 Å². The fourth-order valence-electron chi connectivity index (χ4n) is 4.70. The van der Waals surface area contributed by atoms with Crippen LogP contribution in [0, 0.1) is 11.3 Å². The Morgan fingerprint density at radius 1 is 1.23 bits per heavy atom. The zero-order chi connectivity index (χ0) is 20.7. The molecule has 1 unspecified atom stereocenters. The van der Waals surface area contributed by atoms with Crippen LogP contribution in [0.4, 0.5) is 5.95 Å². The largest absolute Gasteiger partial charge is 0.341 e. The quantitative estimate of drug-likeness (QED) is 0.704. The third-order valence-corrected chi connectivity index (χ3v) is 7.51. The van der Waals surface area contributed by atoms with Crippen LogP contribution >= 0.6 is 11.3 Å². The van der Waals surface area contributed by atoms with Crippen molar-refractivity contribution in [3.8, 4) is 6.07 Å². The normalized spacial score (nSPS) is 18.9. The summed E-state index contributed by atoms with van der Waals surface area (Å²) in [6.45, 7) is 1.89. The summed E-state index contributed by atoms with van der Waals surface area (Å²) >= 11 is 1.61. The van der Waals surface area contributed by atoms with Crippen LogP contribution in [0.1, 0.15) is 47.3 Å². The summed E-state index contributed by atoms with van der Waals surface area (Å²) in [5.74, 6) is 0.696. The number of nitrogens with two attached hydrogens (primary N) is 1. The van der Waals surface area contributed by atoms with Gasteiger partial charge < -0.3 is 10.6 Å². The summed E-state index contributed by atoms with van der Waals surface area (Å²) in [7, 11) is 0. The van der Waals surface area contributed by atoms with E-state index in [0.717, 1.165) is 54.4 Å². The number of nitrogens with zero attached hydrogens (tertiary/aromatic N) is 4. The van der Waals surface area contributed by atoms with Gasteiger partial charge in [0.25, 0.3) is 5.56 Å². The van der Waals surface area contributed by atoms with Crippen molar-refractivity contribution in [1.29, 1.82) is 5.26 Å². The monoisotopic (exact) mass is 419 g/mol. The van der Waals surface area contributed by atoms with Crippen molar-refractivity contribution in [1.82, 2.24) is 9.55 Å². The molecule has 0 saturated carbocycles. The highest BCUT2D eigenvalue weighted by atomic mass is 32.1. The molecule has 1 atom stereocenters. The highest BCUT2D eigenvalue weighted by Gasteiger charge is 2.26. The third kappa shape index (κ3) is 3.30. The Hall–Kier alpha value is -2.69. The lowest BCUT2D eigenvalue weighted by molar-refractivity contribution is 0.492. The fourth-order valence-corrected chi connectivity index (χ4v) is 5.98. The zero-order valence-electron chi connectivity index (χ0n) is 16.9. The molecule has 2 aromatic heterocycles. The van der Waals surface area contributed by atoms with Gasteiger partial charge in [-0.05, 0) is 55.7 Å². The van der Waals surface area contributed by atoms with Gasteiger partial charge in [-0.15, -0.1) is 11.3 Å². The van der Waals surface area contributed by atoms with E-state index in [0.29, 0.717) is 24.6 Å². The van der Waals surface area contributed by atoms with Crippen LogP contribution in [0.25, 0.3) is 10.2 Å². The molecule has 1 aliphatic heterocycles. The minimum Gasteiger partial charge on any atom is -0.341 e. The van der Waals surface area contributed by atoms with Crippen LogP contribution in [0.15, 0.2) is 29.1 Å². The maximum atomic E-state index is 13.7. The number of thiophene rings is 1. The van der Waals surface area contributed by atoms with Gasteiger partial charge in [0, 0.05) is 24.0 Å². The Kier molecular flexibility index (Phi) is 5.05. The van der Waals surface area contributed by atoms with Crippen LogP contribution in [-0.4, -0.2) is 28.7 Å². The Labute approximate surface area is 179 Å². The van der Waals surface area contributed by atoms with Crippen LogP contribution in [0.2, 0.25) is 0 Å². The molecule has 6 nitrogen and oxygen atoms in total. The molecule has 154 valence electrons. The Balaban J connectivity index is 1.70. The number of fused-ring (bicyclic) bond motifs is 3. The number of aromatic nitrogens is 2. The average Bonchev–Trinajstić information content (AvgIpc) is 3.15. The van der Waals surface area contributed by atoms with Crippen molar-refractivity contribution in [2.75, 3.05) is 18.0 Å². The number of rotatable bonds is 3. The first kappa shape index (κ1) is 19.3. The molecule has 30 heavy (non-hydrogen) atoms. The summed E-state index contributed by atoms with van der Waals surface area (Å²) in [6.07, 6.45) is 6.36. The molecule has 1 aromatic carbocycles. The van der Waals surface area contributed by atoms with Gasteiger partial charge in [0.1, 0.15) is 4.70 Å². The Morgan fingerprint density at radius 3 is 2.90 bits per heavy atom. The van der Waals surface area contributed by atoms with Gasteiger partial charge in [0.05, 0.1) is 23.7 Å². The SMILES string of the molecule is N#Cc1ccccc1Cn1c(N2CCCC(N)C2)nc2c3c(sc2c1=O)CCCC3. The number of anilines is 1. The third-order valence-electron chi connectivity index (χ3n) is 6.24. The first-order valence-corrected chi connectivity index (χ1v) is 11.5. The number of aryl methyl sites for hydroxylation is 2. The highest BCUT2D eigenvalue weighted by Crippen LogP contribution is 2.35. The van der Waals surface area contributed by atoms with Gasteiger partial charge in [-0.2, -0.15) is 5.26 Å². The lowest BCUT2D eigenvalue weighted by Gasteiger charge is -2.33. The second-order valence-corrected chi connectivity index (χ2v) is 9.41. The first-order chi connectivity index (χ1) is 14.7. The van der Waals surface area contributed by atoms with Crippen molar-refractivity contribution in [3.63, 3.8) is 0 Å². The van der Waals surface area contributed by atoms with Crippen LogP contribution in [-0.2, 0) is 19.4 Å². The second-order valence-electron chi connectivity index (χ2n) is 8.31. The average molecular weight is 420 g/mol. The number of piperidine rings is 1. The van der Waals surface area contributed by atoms with E-state index in [-0.39, 0.29) is 11.6 Å². The number of hydrogen-bond acceptors (Lipinski definition) is 6. The number of nitriles is 1. The van der Waals surface area contributed by atoms with Crippen molar-refractivity contribution < 1.29 is 0 Å². The standard InChI is InChI=1S/C23H25N5OS/c24-12-15-6-1-2-7-16(15)13-28-22(29)21-20(18-9-3-4-10-19(18)30-21)26-23(28)27-11-5-8-17(25)14-27/h1-2,6-7,17H,3-5,8-11,13-14,25H2. The van der Waals surface area contributed by atoms with Crippen LogP contribution < -0.4 is 16.2 Å². The summed E-state index contributed by atoms with van der Waals surface area (Å²) < 4.78 is 2.51. The Morgan fingerprint density at radius 2 is 2.07 bits per heavy atom. The van der Waals surface area contributed by atoms with Crippen molar-refractivity contribution in [2.45, 2.75) is 51.1 Å². The molecule has 3 aromatic rings. The van der Waals surface area contributed by atoms with Gasteiger partial charge in [-0.1, -0.05) is 18.2 Å². The smallest absolute Gasteiger partial charge is 0.273 e. The summed E-state index contributed by atoms with van der Waals surface area (Å²) in [6, 6.07) is 9.81. The molecule has 0 spiro atoms. The molecule has 2 aliphatic rings. The predicted octanol–water partition coefficient (Wildman–Crippen LogP) is 3.18. The van der Waals surface area contributed by atoms with Gasteiger partial charge in [0.15, 0.2) is 0 Å². The van der Waals surface area contributed by atoms with E-state index >= 15 is 0 Å². The number of hydrogen-bond donors (Lipinski definition) is 1. The fraction of sp³-hybridized carbons (Fsp3) is 0.435. The summed E-state index contributed by atoms with van der Waals surface area (Å²) in [4.78, 5) is 22.2. The lowest BCUT2D eigenvalue weighted by Crippen LogP contribution is -2.45. The van der Waals surface area contributed by atoms with E-state index in [1.54, 1.807) is 22.0 Å². The van der Waals surface area contributed by atoms with Crippen molar-refractivity contribution >= 4 is 27.5 Å². The molecular formula is C23H25N5OS. The van der Waals surface area contributed by atoms with E-state index in [1.807, 2.05) is 18.2 Å². The summed E-state index contributed by atoms with van der Waals surface area (Å²) in [5, 5.41) is 9.52. The molecule has 1 aliphatic carbocycles. The van der Waals surface area contributed by atoms with Gasteiger partial charge in [-0.3, -0.25) is 9.36 Å². The summed E-state index contributed by atoms with van der Waals surface area (Å²) in [5.41, 5.74) is 9.85. The minimum atomic E-state index is 0.00119. The molecule has 3 heterocycles. The molecule has 5 rings (SSSR count). The maximum absolute atomic E-state index is 13.7. The van der Waals surface area contributed by atoms with Crippen LogP contribution in [0.5, 0.6) is 0 Å². The van der Waals surface area contributed by atoms with E-state index < -0.39 is 0 Å². The molecular weight excluding hydrogens is 394 g/mol. The van der Waals surface area contributed by atoms with Gasteiger partial charge in [-0.25, -0.2) is 4.98 Å². The van der Waals surface area contributed by atoms with Crippen molar-refractivity contribution in [2.24, 2.45) is 5.73 Å². The van der Waals surface area contributed by atoms with E-state index in [9.17, 15) is 10.1 Å². The molecule has 1 saturated heterocycles. The zero-order valence-corrected chi connectivity index (χ0v) is 17.7. The molecule has 0 bridgehead atoms. The number of benzene rings is 1. The molecule has 0 radical (unpaired) electrons. The first-order valence-electron chi connectivity index (χ1n) is 10.7. The topological polar surface area (TPSA) is 87.9 Å². The Bertz CT molecular complexity index is 1200. The van der Waals surface area contributed by atoms with E-state index in [4.69, 9.17) is 10.7 Å². The van der Waals surface area contributed by atoms with Gasteiger partial charge >= 0.3 is 0 Å². The molecule has 7 heteroatoms. The molecule has 2 N–H and O–H groups in total. The maximum Gasteiger partial charge on any atom is 0.273 e. The van der Waals surface area contributed by atoms with E-state index in [2.05, 4.69) is 11.0 Å². The molecule has 0 amide bonds. The lowest BCUT2D eigenvalue weighted by atomic mass is 9.98. The van der Waals surface area contributed by atoms with Gasteiger partial charge in [0.2, 0.25) is 5.95 Å². The predicted molar refractivity (Wildman–Crippen MR) is 120 cm³/mol.